The Kier molecular flexibility index (Phi) is 3.06. The molecule has 4 atom stereocenters. The van der Waals surface area contributed by atoms with Crippen LogP contribution in [0, 0.1) is 23.7 Å². The van der Waals surface area contributed by atoms with Gasteiger partial charge in [0.25, 0.3) is 0 Å². The number of hydrogen-bond acceptors (Lipinski definition) is 3. The van der Waals surface area contributed by atoms with E-state index in [9.17, 15) is 9.59 Å². The summed E-state index contributed by atoms with van der Waals surface area (Å²) in [5.41, 5.74) is 0.597. The Morgan fingerprint density at radius 3 is 2.36 bits per heavy atom. The van der Waals surface area contributed by atoms with Gasteiger partial charge < -0.3 is 4.74 Å². The third kappa shape index (κ3) is 1.76. The molecule has 1 aliphatic heterocycles. The molecule has 1 heterocycles. The summed E-state index contributed by atoms with van der Waals surface area (Å²) in [6, 6.07) is 7.34. The number of carbonyl (C=O) groups is 2. The predicted octanol–water partition coefficient (Wildman–Crippen LogP) is 2.79. The molecule has 3 aliphatic rings. The largest absolute Gasteiger partial charge is 0.491 e. The van der Waals surface area contributed by atoms with E-state index in [1.54, 1.807) is 6.07 Å². The molecule has 0 radical (unpaired) electrons. The zero-order chi connectivity index (χ0) is 15.3. The lowest BCUT2D eigenvalue weighted by atomic mass is 9.85. The number of para-hydroxylation sites is 2. The average Bonchev–Trinajstić information content (AvgIpc) is 3.20. The minimum atomic E-state index is -0.165. The second-order valence-corrected chi connectivity index (χ2v) is 6.33. The molecule has 1 saturated carbocycles. The van der Waals surface area contributed by atoms with Gasteiger partial charge in [-0.25, -0.2) is 4.90 Å². The van der Waals surface area contributed by atoms with E-state index < -0.39 is 0 Å². The first-order valence-electron chi connectivity index (χ1n) is 8.00. The van der Waals surface area contributed by atoms with Crippen LogP contribution in [-0.2, 0) is 9.59 Å². The van der Waals surface area contributed by atoms with E-state index in [1.807, 2.05) is 25.1 Å². The Balaban J connectivity index is 1.70. The number of imide groups is 1. The summed E-state index contributed by atoms with van der Waals surface area (Å²) < 4.78 is 5.73. The standard InChI is InChI=1S/C18H19NO3/c1-2-9-22-14-6-4-3-5-13(14)19-17(20)15-11-7-8-12(10-11)16(15)18(19)21/h3-8,11-12,15-16H,2,9-10H2,1H3/t11-,12-,15-,16+/m0/s1. The highest BCUT2D eigenvalue weighted by atomic mass is 16.5. The Morgan fingerprint density at radius 1 is 1.09 bits per heavy atom. The third-order valence-corrected chi connectivity index (χ3v) is 5.04. The second kappa shape index (κ2) is 4.97. The van der Waals surface area contributed by atoms with Crippen molar-refractivity contribution in [3.8, 4) is 5.75 Å². The third-order valence-electron chi connectivity index (χ3n) is 5.04. The first-order chi connectivity index (χ1) is 10.7. The molecule has 2 amide bonds. The second-order valence-electron chi connectivity index (χ2n) is 6.33. The van der Waals surface area contributed by atoms with Crippen LogP contribution in [0.3, 0.4) is 0 Å². The summed E-state index contributed by atoms with van der Waals surface area (Å²) in [6.45, 7) is 2.61. The van der Waals surface area contributed by atoms with E-state index >= 15 is 0 Å². The fourth-order valence-corrected chi connectivity index (χ4v) is 4.12. The van der Waals surface area contributed by atoms with Gasteiger partial charge in [-0.1, -0.05) is 31.2 Å². The number of fused-ring (bicyclic) bond motifs is 5. The fourth-order valence-electron chi connectivity index (χ4n) is 4.12. The number of amides is 2. The minimum absolute atomic E-state index is 0.0561. The van der Waals surface area contributed by atoms with Crippen LogP contribution in [0.25, 0.3) is 0 Å². The molecular weight excluding hydrogens is 278 g/mol. The Bertz CT molecular complexity index is 636. The Morgan fingerprint density at radius 2 is 1.73 bits per heavy atom. The lowest BCUT2D eigenvalue weighted by molar-refractivity contribution is -0.123. The Hall–Kier alpha value is -2.10. The first kappa shape index (κ1) is 13.6. The molecule has 2 bridgehead atoms. The quantitative estimate of drug-likeness (QED) is 0.634. The van der Waals surface area contributed by atoms with E-state index in [4.69, 9.17) is 4.74 Å². The summed E-state index contributed by atoms with van der Waals surface area (Å²) in [7, 11) is 0. The summed E-state index contributed by atoms with van der Waals surface area (Å²) in [6.07, 6.45) is 6.06. The van der Waals surface area contributed by atoms with E-state index in [1.165, 1.54) is 4.90 Å². The van der Waals surface area contributed by atoms with Crippen molar-refractivity contribution in [3.63, 3.8) is 0 Å². The highest BCUT2D eigenvalue weighted by Crippen LogP contribution is 2.53. The zero-order valence-corrected chi connectivity index (χ0v) is 12.6. The molecule has 2 aliphatic carbocycles. The van der Waals surface area contributed by atoms with Gasteiger partial charge in [-0.05, 0) is 36.8 Å². The zero-order valence-electron chi connectivity index (χ0n) is 12.6. The van der Waals surface area contributed by atoms with Gasteiger partial charge in [0.1, 0.15) is 5.75 Å². The van der Waals surface area contributed by atoms with Crippen LogP contribution in [0.15, 0.2) is 36.4 Å². The molecule has 2 fully saturated rings. The summed E-state index contributed by atoms with van der Waals surface area (Å²) >= 11 is 0. The number of carbonyl (C=O) groups excluding carboxylic acids is 2. The van der Waals surface area contributed by atoms with Crippen molar-refractivity contribution < 1.29 is 14.3 Å². The highest BCUT2D eigenvalue weighted by molar-refractivity contribution is 6.23. The number of nitrogens with zero attached hydrogens (tertiary/aromatic N) is 1. The van der Waals surface area contributed by atoms with E-state index in [2.05, 4.69) is 12.2 Å². The fraction of sp³-hybridized carbons (Fsp3) is 0.444. The smallest absolute Gasteiger partial charge is 0.238 e. The minimum Gasteiger partial charge on any atom is -0.491 e. The van der Waals surface area contributed by atoms with Crippen molar-refractivity contribution in [2.45, 2.75) is 19.8 Å². The molecule has 0 aromatic heterocycles. The SMILES string of the molecule is CCCOc1ccccc1N1C(=O)[C@@H]2[C@H](C1=O)[C@H]1C=C[C@H]2C1. The van der Waals surface area contributed by atoms with Crippen molar-refractivity contribution in [1.82, 2.24) is 0 Å². The molecule has 0 spiro atoms. The van der Waals surface area contributed by atoms with Crippen LogP contribution in [0.5, 0.6) is 5.75 Å². The van der Waals surface area contributed by atoms with Gasteiger partial charge in [-0.15, -0.1) is 0 Å². The topological polar surface area (TPSA) is 46.6 Å². The molecule has 114 valence electrons. The molecule has 1 aromatic carbocycles. The molecule has 0 N–H and O–H groups in total. The molecule has 1 saturated heterocycles. The maximum absolute atomic E-state index is 12.8. The van der Waals surface area contributed by atoms with Crippen molar-refractivity contribution >= 4 is 17.5 Å². The molecule has 4 heteroatoms. The van der Waals surface area contributed by atoms with Gasteiger partial charge in [-0.3, -0.25) is 9.59 Å². The van der Waals surface area contributed by atoms with Crippen molar-refractivity contribution in [2.24, 2.45) is 23.7 Å². The van der Waals surface area contributed by atoms with Gasteiger partial charge in [0.05, 0.1) is 24.1 Å². The van der Waals surface area contributed by atoms with Gasteiger partial charge in [0, 0.05) is 0 Å². The van der Waals surface area contributed by atoms with Crippen molar-refractivity contribution in [1.29, 1.82) is 0 Å². The van der Waals surface area contributed by atoms with E-state index in [0.29, 0.717) is 18.0 Å². The van der Waals surface area contributed by atoms with Gasteiger partial charge in [-0.2, -0.15) is 0 Å². The molecule has 4 nitrogen and oxygen atoms in total. The van der Waals surface area contributed by atoms with Gasteiger partial charge in [0.15, 0.2) is 0 Å². The number of hydrogen-bond donors (Lipinski definition) is 0. The van der Waals surface area contributed by atoms with Gasteiger partial charge >= 0.3 is 0 Å². The molecule has 22 heavy (non-hydrogen) atoms. The lowest BCUT2D eigenvalue weighted by Crippen LogP contribution is -2.33. The maximum Gasteiger partial charge on any atom is 0.238 e. The summed E-state index contributed by atoms with van der Waals surface area (Å²) in [5, 5.41) is 0. The molecule has 1 aromatic rings. The van der Waals surface area contributed by atoms with E-state index in [-0.39, 0.29) is 35.5 Å². The van der Waals surface area contributed by atoms with Crippen LogP contribution in [0.1, 0.15) is 19.8 Å². The van der Waals surface area contributed by atoms with Crippen LogP contribution in [-0.4, -0.2) is 18.4 Å². The molecular formula is C18H19NO3. The number of ether oxygens (including phenoxy) is 1. The molecule has 4 rings (SSSR count). The highest BCUT2D eigenvalue weighted by Gasteiger charge is 2.59. The molecule has 0 unspecified atom stereocenters. The predicted molar refractivity (Wildman–Crippen MR) is 82.4 cm³/mol. The van der Waals surface area contributed by atoms with Crippen molar-refractivity contribution in [2.75, 3.05) is 11.5 Å². The Labute approximate surface area is 129 Å². The number of allylic oxidation sites excluding steroid dienone is 2. The monoisotopic (exact) mass is 297 g/mol. The van der Waals surface area contributed by atoms with Crippen LogP contribution >= 0.6 is 0 Å². The number of rotatable bonds is 4. The maximum atomic E-state index is 12.8. The first-order valence-corrected chi connectivity index (χ1v) is 8.00. The average molecular weight is 297 g/mol. The van der Waals surface area contributed by atoms with Crippen LogP contribution in [0.2, 0.25) is 0 Å². The van der Waals surface area contributed by atoms with Crippen LogP contribution < -0.4 is 9.64 Å². The number of anilines is 1. The number of benzene rings is 1. The van der Waals surface area contributed by atoms with E-state index in [0.717, 1.165) is 12.8 Å². The van der Waals surface area contributed by atoms with Gasteiger partial charge in [0.2, 0.25) is 11.8 Å². The summed E-state index contributed by atoms with van der Waals surface area (Å²) in [4.78, 5) is 27.0. The summed E-state index contributed by atoms with van der Waals surface area (Å²) in [5.74, 6) is 0.647. The lowest BCUT2D eigenvalue weighted by Gasteiger charge is -2.20. The van der Waals surface area contributed by atoms with Crippen molar-refractivity contribution in [3.05, 3.63) is 36.4 Å². The normalized spacial score (nSPS) is 32.0. The van der Waals surface area contributed by atoms with Crippen LogP contribution in [0.4, 0.5) is 5.69 Å².